The lowest BCUT2D eigenvalue weighted by atomic mass is 10.0. The van der Waals surface area contributed by atoms with Crippen LogP contribution in [0.5, 0.6) is 0 Å². The van der Waals surface area contributed by atoms with Crippen LogP contribution in [0.15, 0.2) is 53.1 Å². The van der Waals surface area contributed by atoms with E-state index in [1.807, 2.05) is 47.4 Å². The summed E-state index contributed by atoms with van der Waals surface area (Å²) in [4.78, 5) is 26.8. The minimum absolute atomic E-state index is 0.0862. The highest BCUT2D eigenvalue weighted by Crippen LogP contribution is 2.32. The third-order valence-corrected chi connectivity index (χ3v) is 5.01. The Morgan fingerprint density at radius 3 is 2.68 bits per heavy atom. The first-order valence-electron chi connectivity index (χ1n) is 8.87. The van der Waals surface area contributed by atoms with Gasteiger partial charge in [0.05, 0.1) is 12.2 Å². The summed E-state index contributed by atoms with van der Waals surface area (Å²) < 4.78 is 5.52. The Hall–Kier alpha value is -2.56. The standard InChI is InChI=1S/C20H22N2O3/c23-18-11-16(13-22(18)12-14-8-9-14)20(24)21-19(17-7-4-10-25-17)15-5-2-1-3-6-15/h1-7,10,14,16,19H,8-9,11-13H2,(H,21,24)/t16-,19-/m1/s1. The molecule has 5 heteroatoms. The minimum Gasteiger partial charge on any atom is -0.467 e. The van der Waals surface area contributed by atoms with E-state index in [1.165, 1.54) is 12.8 Å². The number of nitrogens with zero attached hydrogens (tertiary/aromatic N) is 1. The molecule has 2 fully saturated rings. The smallest absolute Gasteiger partial charge is 0.226 e. The van der Waals surface area contributed by atoms with Crippen molar-refractivity contribution in [3.05, 3.63) is 60.1 Å². The highest BCUT2D eigenvalue weighted by molar-refractivity contribution is 5.89. The van der Waals surface area contributed by atoms with Gasteiger partial charge in [0, 0.05) is 19.5 Å². The van der Waals surface area contributed by atoms with E-state index in [1.54, 1.807) is 6.26 Å². The maximum atomic E-state index is 12.8. The Labute approximate surface area is 147 Å². The van der Waals surface area contributed by atoms with E-state index in [0.29, 0.717) is 24.6 Å². The second kappa shape index (κ2) is 6.75. The molecule has 0 spiro atoms. The van der Waals surface area contributed by atoms with Crippen LogP contribution in [-0.2, 0) is 9.59 Å². The van der Waals surface area contributed by atoms with E-state index in [4.69, 9.17) is 4.42 Å². The van der Waals surface area contributed by atoms with E-state index in [2.05, 4.69) is 5.32 Å². The molecular formula is C20H22N2O3. The molecule has 1 aromatic heterocycles. The van der Waals surface area contributed by atoms with Crippen molar-refractivity contribution in [2.24, 2.45) is 11.8 Å². The first-order chi connectivity index (χ1) is 12.2. The van der Waals surface area contributed by atoms with Gasteiger partial charge in [0.2, 0.25) is 11.8 Å². The SMILES string of the molecule is O=C(N[C@H](c1ccccc1)c1ccco1)[C@@H]1CC(=O)N(CC2CC2)C1. The average Bonchev–Trinajstić information content (AvgIpc) is 3.13. The summed E-state index contributed by atoms with van der Waals surface area (Å²) in [7, 11) is 0. The molecule has 1 aromatic carbocycles. The largest absolute Gasteiger partial charge is 0.467 e. The van der Waals surface area contributed by atoms with Gasteiger partial charge in [0.25, 0.3) is 0 Å². The number of rotatable bonds is 6. The molecule has 1 saturated heterocycles. The summed E-state index contributed by atoms with van der Waals surface area (Å²) in [5.41, 5.74) is 0.963. The molecule has 2 heterocycles. The van der Waals surface area contributed by atoms with Gasteiger partial charge in [0.1, 0.15) is 11.8 Å². The van der Waals surface area contributed by atoms with Crippen molar-refractivity contribution >= 4 is 11.8 Å². The van der Waals surface area contributed by atoms with Crippen molar-refractivity contribution in [2.75, 3.05) is 13.1 Å². The first-order valence-corrected chi connectivity index (χ1v) is 8.87. The van der Waals surface area contributed by atoms with Crippen molar-refractivity contribution < 1.29 is 14.0 Å². The highest BCUT2D eigenvalue weighted by Gasteiger charge is 2.38. The summed E-state index contributed by atoms with van der Waals surface area (Å²) in [5, 5.41) is 3.08. The molecule has 2 amide bonds. The van der Waals surface area contributed by atoms with Crippen LogP contribution < -0.4 is 5.32 Å². The normalized spacial score (nSPS) is 21.4. The Morgan fingerprint density at radius 2 is 2.00 bits per heavy atom. The average molecular weight is 338 g/mol. The van der Waals surface area contributed by atoms with Gasteiger partial charge in [-0.25, -0.2) is 0 Å². The number of hydrogen-bond donors (Lipinski definition) is 1. The summed E-state index contributed by atoms with van der Waals surface area (Å²) in [6.07, 6.45) is 4.32. The third kappa shape index (κ3) is 3.60. The second-order valence-electron chi connectivity index (χ2n) is 7.01. The van der Waals surface area contributed by atoms with Gasteiger partial charge >= 0.3 is 0 Å². The third-order valence-electron chi connectivity index (χ3n) is 5.01. The summed E-state index contributed by atoms with van der Waals surface area (Å²) >= 11 is 0. The van der Waals surface area contributed by atoms with Crippen molar-refractivity contribution in [1.82, 2.24) is 10.2 Å². The van der Waals surface area contributed by atoms with E-state index >= 15 is 0 Å². The maximum Gasteiger partial charge on any atom is 0.226 e. The topological polar surface area (TPSA) is 62.6 Å². The Morgan fingerprint density at radius 1 is 1.20 bits per heavy atom. The van der Waals surface area contributed by atoms with Crippen LogP contribution in [0.2, 0.25) is 0 Å². The molecule has 2 aromatic rings. The predicted octanol–water partition coefficient (Wildman–Crippen LogP) is 2.74. The van der Waals surface area contributed by atoms with Gasteiger partial charge in [-0.05, 0) is 36.5 Å². The van der Waals surface area contributed by atoms with Crippen molar-refractivity contribution in [2.45, 2.75) is 25.3 Å². The highest BCUT2D eigenvalue weighted by atomic mass is 16.3. The lowest BCUT2D eigenvalue weighted by molar-refractivity contribution is -0.129. The lowest BCUT2D eigenvalue weighted by Gasteiger charge is -2.20. The first kappa shape index (κ1) is 15.9. The van der Waals surface area contributed by atoms with Crippen LogP contribution in [0, 0.1) is 11.8 Å². The Kier molecular flexibility index (Phi) is 4.30. The Balaban J connectivity index is 1.46. The molecule has 1 N–H and O–H groups in total. The molecule has 0 bridgehead atoms. The number of carbonyl (C=O) groups excluding carboxylic acids is 2. The van der Waals surface area contributed by atoms with Crippen molar-refractivity contribution in [3.63, 3.8) is 0 Å². The number of furan rings is 1. The maximum absolute atomic E-state index is 12.8. The van der Waals surface area contributed by atoms with Crippen LogP contribution in [-0.4, -0.2) is 29.8 Å². The number of hydrogen-bond acceptors (Lipinski definition) is 3. The van der Waals surface area contributed by atoms with Crippen LogP contribution in [0.3, 0.4) is 0 Å². The molecule has 130 valence electrons. The van der Waals surface area contributed by atoms with Crippen molar-refractivity contribution in [1.29, 1.82) is 0 Å². The number of amides is 2. The Bertz CT molecular complexity index is 738. The number of benzene rings is 1. The van der Waals surface area contributed by atoms with Crippen LogP contribution in [0.25, 0.3) is 0 Å². The fourth-order valence-corrected chi connectivity index (χ4v) is 3.42. The molecule has 0 radical (unpaired) electrons. The molecule has 2 atom stereocenters. The fourth-order valence-electron chi connectivity index (χ4n) is 3.42. The number of likely N-dealkylation sites (tertiary alicyclic amines) is 1. The molecule has 2 aliphatic rings. The van der Waals surface area contributed by atoms with Crippen molar-refractivity contribution in [3.8, 4) is 0 Å². The zero-order valence-electron chi connectivity index (χ0n) is 14.1. The molecule has 1 aliphatic heterocycles. The molecule has 1 aliphatic carbocycles. The lowest BCUT2D eigenvalue weighted by Crippen LogP contribution is -2.36. The monoisotopic (exact) mass is 338 g/mol. The van der Waals surface area contributed by atoms with E-state index in [9.17, 15) is 9.59 Å². The van der Waals surface area contributed by atoms with Gasteiger partial charge in [-0.2, -0.15) is 0 Å². The predicted molar refractivity (Wildman–Crippen MR) is 92.5 cm³/mol. The van der Waals surface area contributed by atoms with Gasteiger partial charge < -0.3 is 14.6 Å². The molecular weight excluding hydrogens is 316 g/mol. The van der Waals surface area contributed by atoms with Crippen LogP contribution >= 0.6 is 0 Å². The number of nitrogens with one attached hydrogen (secondary N) is 1. The second-order valence-corrected chi connectivity index (χ2v) is 7.01. The minimum atomic E-state index is -0.337. The van der Waals surface area contributed by atoms with E-state index < -0.39 is 0 Å². The zero-order chi connectivity index (χ0) is 17.2. The summed E-state index contributed by atoms with van der Waals surface area (Å²) in [5.74, 6) is 1.07. The molecule has 1 saturated carbocycles. The molecule has 25 heavy (non-hydrogen) atoms. The van der Waals surface area contributed by atoms with Crippen LogP contribution in [0.4, 0.5) is 0 Å². The molecule has 0 unspecified atom stereocenters. The quantitative estimate of drug-likeness (QED) is 0.881. The molecule has 5 nitrogen and oxygen atoms in total. The molecule has 4 rings (SSSR count). The van der Waals surface area contributed by atoms with Gasteiger partial charge in [-0.15, -0.1) is 0 Å². The number of carbonyl (C=O) groups is 2. The summed E-state index contributed by atoms with van der Waals surface area (Å²) in [6.45, 7) is 1.34. The van der Waals surface area contributed by atoms with Gasteiger partial charge in [-0.1, -0.05) is 30.3 Å². The zero-order valence-corrected chi connectivity index (χ0v) is 14.1. The van der Waals surface area contributed by atoms with Crippen LogP contribution in [0.1, 0.15) is 36.6 Å². The van der Waals surface area contributed by atoms with E-state index in [-0.39, 0.29) is 23.8 Å². The van der Waals surface area contributed by atoms with E-state index in [0.717, 1.165) is 12.1 Å². The fraction of sp³-hybridized carbons (Fsp3) is 0.400. The van der Waals surface area contributed by atoms with Gasteiger partial charge in [0.15, 0.2) is 0 Å². The van der Waals surface area contributed by atoms with Gasteiger partial charge in [-0.3, -0.25) is 9.59 Å². The summed E-state index contributed by atoms with van der Waals surface area (Å²) in [6, 6.07) is 13.1.